The molecule has 0 aromatic heterocycles. The molecular weight excluding hydrogens is 311 g/mol. The standard InChI is InChI=1S/C16H10F3NO3/c1-9-8-10(23-16(17,18)19)6-7-13(9)20-14(21)11-4-2-3-5-12(11)15(20)22/h2-8H,1H3. The van der Waals surface area contributed by atoms with Crippen molar-refractivity contribution < 1.29 is 27.5 Å². The maximum atomic E-state index is 12.4. The first-order chi connectivity index (χ1) is 10.8. The number of ether oxygens (including phenoxy) is 1. The molecule has 0 bridgehead atoms. The molecule has 4 nitrogen and oxygen atoms in total. The maximum absolute atomic E-state index is 12.4. The van der Waals surface area contributed by atoms with E-state index in [0.29, 0.717) is 5.56 Å². The first kappa shape index (κ1) is 15.1. The molecule has 0 spiro atoms. The highest BCUT2D eigenvalue weighted by Crippen LogP contribution is 2.33. The van der Waals surface area contributed by atoms with Gasteiger partial charge >= 0.3 is 6.36 Å². The molecule has 0 aliphatic carbocycles. The van der Waals surface area contributed by atoms with Crippen LogP contribution in [0.25, 0.3) is 0 Å². The monoisotopic (exact) mass is 321 g/mol. The number of halogens is 3. The van der Waals surface area contributed by atoms with Gasteiger partial charge in [0.25, 0.3) is 11.8 Å². The van der Waals surface area contributed by atoms with Gasteiger partial charge in [-0.15, -0.1) is 13.2 Å². The summed E-state index contributed by atoms with van der Waals surface area (Å²) < 4.78 is 40.5. The fourth-order valence-electron chi connectivity index (χ4n) is 2.48. The Bertz CT molecular complexity index is 779. The van der Waals surface area contributed by atoms with Gasteiger partial charge in [0.05, 0.1) is 16.8 Å². The van der Waals surface area contributed by atoms with E-state index in [9.17, 15) is 22.8 Å². The van der Waals surface area contributed by atoms with Crippen molar-refractivity contribution in [2.45, 2.75) is 13.3 Å². The third-order valence-corrected chi connectivity index (χ3v) is 3.44. The Morgan fingerprint density at radius 2 is 1.52 bits per heavy atom. The molecule has 0 unspecified atom stereocenters. The SMILES string of the molecule is Cc1cc(OC(F)(F)F)ccc1N1C(=O)c2ccccc2C1=O. The highest BCUT2D eigenvalue weighted by atomic mass is 19.4. The summed E-state index contributed by atoms with van der Waals surface area (Å²) in [7, 11) is 0. The lowest BCUT2D eigenvalue weighted by molar-refractivity contribution is -0.274. The lowest BCUT2D eigenvalue weighted by Crippen LogP contribution is -2.30. The molecule has 2 amide bonds. The molecule has 0 saturated heterocycles. The third-order valence-electron chi connectivity index (χ3n) is 3.44. The molecular formula is C16H10F3NO3. The zero-order chi connectivity index (χ0) is 16.8. The van der Waals surface area contributed by atoms with Crippen LogP contribution in [0.1, 0.15) is 26.3 Å². The molecule has 0 atom stereocenters. The van der Waals surface area contributed by atoms with E-state index in [1.807, 2.05) is 0 Å². The van der Waals surface area contributed by atoms with Crippen LogP contribution in [0, 0.1) is 6.92 Å². The molecule has 118 valence electrons. The van der Waals surface area contributed by atoms with E-state index in [2.05, 4.69) is 4.74 Å². The van der Waals surface area contributed by atoms with E-state index in [1.54, 1.807) is 12.1 Å². The highest BCUT2D eigenvalue weighted by Gasteiger charge is 2.37. The number of nitrogens with zero attached hydrogens (tertiary/aromatic N) is 1. The summed E-state index contributed by atoms with van der Waals surface area (Å²) in [5, 5.41) is 0. The highest BCUT2D eigenvalue weighted by molar-refractivity contribution is 6.34. The van der Waals surface area contributed by atoms with E-state index >= 15 is 0 Å². The number of benzene rings is 2. The zero-order valence-electron chi connectivity index (χ0n) is 11.8. The van der Waals surface area contributed by atoms with Crippen LogP contribution >= 0.6 is 0 Å². The Morgan fingerprint density at radius 3 is 2.00 bits per heavy atom. The Balaban J connectivity index is 1.98. The number of anilines is 1. The normalized spacial score (nSPS) is 14.2. The first-order valence-corrected chi connectivity index (χ1v) is 6.62. The average Bonchev–Trinajstić information content (AvgIpc) is 2.71. The maximum Gasteiger partial charge on any atom is 0.573 e. The number of imide groups is 1. The quantitative estimate of drug-likeness (QED) is 0.793. The number of fused-ring (bicyclic) bond motifs is 1. The number of carbonyl (C=O) groups excluding carboxylic acids is 2. The van der Waals surface area contributed by atoms with Gasteiger partial charge in [0.15, 0.2) is 0 Å². The first-order valence-electron chi connectivity index (χ1n) is 6.62. The molecule has 3 rings (SSSR count). The van der Waals surface area contributed by atoms with Crippen molar-refractivity contribution in [2.24, 2.45) is 0 Å². The Hall–Kier alpha value is -2.83. The van der Waals surface area contributed by atoms with Gasteiger partial charge in [0, 0.05) is 0 Å². The van der Waals surface area contributed by atoms with Crippen molar-refractivity contribution in [3.05, 3.63) is 59.2 Å². The molecule has 1 aliphatic heterocycles. The second kappa shape index (κ2) is 5.12. The Morgan fingerprint density at radius 1 is 0.957 bits per heavy atom. The second-order valence-corrected chi connectivity index (χ2v) is 4.99. The minimum absolute atomic E-state index is 0.228. The van der Waals surface area contributed by atoms with E-state index in [0.717, 1.165) is 17.0 Å². The minimum atomic E-state index is -4.80. The second-order valence-electron chi connectivity index (χ2n) is 4.99. The van der Waals surface area contributed by atoms with Gasteiger partial charge in [0.2, 0.25) is 0 Å². The number of carbonyl (C=O) groups is 2. The van der Waals surface area contributed by atoms with Gasteiger partial charge in [0.1, 0.15) is 5.75 Å². The van der Waals surface area contributed by atoms with Crippen molar-refractivity contribution in [1.82, 2.24) is 0 Å². The van der Waals surface area contributed by atoms with Crippen LogP contribution < -0.4 is 9.64 Å². The molecule has 7 heteroatoms. The predicted octanol–water partition coefficient (Wildman–Crippen LogP) is 3.69. The fraction of sp³-hybridized carbons (Fsp3) is 0.125. The molecule has 1 heterocycles. The van der Waals surface area contributed by atoms with Crippen molar-refractivity contribution >= 4 is 17.5 Å². The number of hydrogen-bond acceptors (Lipinski definition) is 3. The van der Waals surface area contributed by atoms with E-state index in [1.165, 1.54) is 25.1 Å². The van der Waals surface area contributed by atoms with Gasteiger partial charge in [-0.1, -0.05) is 12.1 Å². The molecule has 2 aromatic rings. The van der Waals surface area contributed by atoms with Gasteiger partial charge in [-0.05, 0) is 42.8 Å². The third kappa shape index (κ3) is 2.65. The molecule has 2 aromatic carbocycles. The largest absolute Gasteiger partial charge is 0.573 e. The van der Waals surface area contributed by atoms with E-state index in [4.69, 9.17) is 0 Å². The van der Waals surface area contributed by atoms with Crippen LogP contribution in [0.4, 0.5) is 18.9 Å². The smallest absolute Gasteiger partial charge is 0.406 e. The van der Waals surface area contributed by atoms with Gasteiger partial charge in [-0.3, -0.25) is 9.59 Å². The fourth-order valence-corrected chi connectivity index (χ4v) is 2.48. The lowest BCUT2D eigenvalue weighted by atomic mass is 10.1. The summed E-state index contributed by atoms with van der Waals surface area (Å²) in [6, 6.07) is 9.81. The van der Waals surface area contributed by atoms with Gasteiger partial charge in [-0.2, -0.15) is 0 Å². The van der Waals surface area contributed by atoms with E-state index in [-0.39, 0.29) is 16.8 Å². The van der Waals surface area contributed by atoms with Crippen molar-refractivity contribution in [3.63, 3.8) is 0 Å². The van der Waals surface area contributed by atoms with Crippen LogP contribution in [-0.2, 0) is 0 Å². The number of amides is 2. The van der Waals surface area contributed by atoms with Crippen LogP contribution in [0.5, 0.6) is 5.75 Å². The topological polar surface area (TPSA) is 46.6 Å². The molecule has 0 saturated carbocycles. The summed E-state index contributed by atoms with van der Waals surface area (Å²) in [5.74, 6) is -1.41. The summed E-state index contributed by atoms with van der Waals surface area (Å²) in [6.07, 6.45) is -4.80. The molecule has 23 heavy (non-hydrogen) atoms. The van der Waals surface area contributed by atoms with Crippen molar-refractivity contribution in [1.29, 1.82) is 0 Å². The van der Waals surface area contributed by atoms with Crippen molar-refractivity contribution in [2.75, 3.05) is 4.90 Å². The predicted molar refractivity (Wildman–Crippen MR) is 75.4 cm³/mol. The average molecular weight is 321 g/mol. The molecule has 0 fully saturated rings. The zero-order valence-corrected chi connectivity index (χ0v) is 11.8. The number of aryl methyl sites for hydroxylation is 1. The minimum Gasteiger partial charge on any atom is -0.406 e. The van der Waals surface area contributed by atoms with Crippen molar-refractivity contribution in [3.8, 4) is 5.75 Å². The molecule has 1 aliphatic rings. The van der Waals surface area contributed by atoms with Crippen LogP contribution in [0.15, 0.2) is 42.5 Å². The Labute approximate surface area is 129 Å². The van der Waals surface area contributed by atoms with Crippen LogP contribution in [0.2, 0.25) is 0 Å². The van der Waals surface area contributed by atoms with Crippen LogP contribution in [0.3, 0.4) is 0 Å². The number of alkyl halides is 3. The summed E-state index contributed by atoms with van der Waals surface area (Å²) in [5.41, 5.74) is 1.09. The Kier molecular flexibility index (Phi) is 3.35. The summed E-state index contributed by atoms with van der Waals surface area (Å²) in [4.78, 5) is 25.7. The van der Waals surface area contributed by atoms with Crippen LogP contribution in [-0.4, -0.2) is 18.2 Å². The van der Waals surface area contributed by atoms with Gasteiger partial charge in [-0.25, -0.2) is 4.90 Å². The summed E-state index contributed by atoms with van der Waals surface area (Å²) in [6.45, 7) is 1.50. The number of hydrogen-bond donors (Lipinski definition) is 0. The van der Waals surface area contributed by atoms with Gasteiger partial charge < -0.3 is 4.74 Å². The summed E-state index contributed by atoms with van der Waals surface area (Å²) >= 11 is 0. The van der Waals surface area contributed by atoms with E-state index < -0.39 is 23.9 Å². The lowest BCUT2D eigenvalue weighted by Gasteiger charge is -2.18. The molecule has 0 radical (unpaired) electrons. The molecule has 0 N–H and O–H groups in total. The number of rotatable bonds is 2.